The predicted octanol–water partition coefficient (Wildman–Crippen LogP) is 1.16. The molecule has 1 spiro atoms. The number of rotatable bonds is 6. The number of carbonyl (C=O) groups excluding carboxylic acids is 2. The lowest BCUT2D eigenvalue weighted by molar-refractivity contribution is -0.122. The molecule has 0 bridgehead atoms. The third kappa shape index (κ3) is 3.33. The fourth-order valence-corrected chi connectivity index (χ4v) is 4.31. The van der Waals surface area contributed by atoms with E-state index < -0.39 is 23.0 Å². The molecular formula is C19H27FN4O2. The van der Waals surface area contributed by atoms with Crippen molar-refractivity contribution >= 4 is 17.5 Å². The predicted molar refractivity (Wildman–Crippen MR) is 98.6 cm³/mol. The van der Waals surface area contributed by atoms with Crippen molar-refractivity contribution in [3.63, 3.8) is 0 Å². The second kappa shape index (κ2) is 6.63. The van der Waals surface area contributed by atoms with E-state index >= 15 is 0 Å². The average molecular weight is 362 g/mol. The van der Waals surface area contributed by atoms with Crippen LogP contribution in [-0.4, -0.2) is 54.6 Å². The molecule has 0 aromatic heterocycles. The maximum atomic E-state index is 14.1. The van der Waals surface area contributed by atoms with Gasteiger partial charge in [0, 0.05) is 24.8 Å². The van der Waals surface area contributed by atoms with E-state index in [1.165, 1.54) is 13.8 Å². The van der Waals surface area contributed by atoms with Gasteiger partial charge in [0.05, 0.1) is 11.5 Å². The number of likely N-dealkylation sites (tertiary alicyclic amines) is 1. The van der Waals surface area contributed by atoms with Crippen LogP contribution in [-0.2, 0) is 15.0 Å². The van der Waals surface area contributed by atoms with E-state index in [1.54, 1.807) is 7.05 Å². The number of alkyl halides is 1. The van der Waals surface area contributed by atoms with Crippen molar-refractivity contribution in [1.29, 1.82) is 0 Å². The number of hydrogen-bond donors (Lipinski definition) is 3. The van der Waals surface area contributed by atoms with Crippen molar-refractivity contribution in [3.8, 4) is 0 Å². The maximum absolute atomic E-state index is 14.1. The molecule has 4 N–H and O–H groups in total. The molecule has 1 saturated heterocycles. The first-order valence-electron chi connectivity index (χ1n) is 8.97. The number of halogens is 1. The Bertz CT molecular complexity index is 718. The highest BCUT2D eigenvalue weighted by atomic mass is 19.1. The molecule has 1 aromatic rings. The van der Waals surface area contributed by atoms with Crippen LogP contribution in [0.25, 0.3) is 0 Å². The summed E-state index contributed by atoms with van der Waals surface area (Å²) in [7, 11) is 1.78. The molecule has 1 fully saturated rings. The summed E-state index contributed by atoms with van der Waals surface area (Å²) >= 11 is 0. The van der Waals surface area contributed by atoms with Gasteiger partial charge >= 0.3 is 0 Å². The van der Waals surface area contributed by atoms with Crippen LogP contribution in [0.5, 0.6) is 0 Å². The number of hydrogen-bond acceptors (Lipinski definition) is 4. The molecular weight excluding hydrogens is 335 g/mol. The van der Waals surface area contributed by atoms with Crippen molar-refractivity contribution in [3.05, 3.63) is 29.8 Å². The SMILES string of the molecule is CNC(CN1C[C@]2(C[C@H]1C(N)=O)C(=O)Nc1ccccc12)CC(C)(C)F. The van der Waals surface area contributed by atoms with E-state index in [9.17, 15) is 14.0 Å². The number of fused-ring (bicyclic) bond motifs is 2. The minimum absolute atomic E-state index is 0.0979. The van der Waals surface area contributed by atoms with Gasteiger partial charge in [-0.25, -0.2) is 4.39 Å². The zero-order valence-electron chi connectivity index (χ0n) is 15.5. The zero-order chi connectivity index (χ0) is 19.1. The van der Waals surface area contributed by atoms with Gasteiger partial charge in [0.1, 0.15) is 5.67 Å². The van der Waals surface area contributed by atoms with Gasteiger partial charge in [-0.2, -0.15) is 0 Å². The van der Waals surface area contributed by atoms with E-state index in [2.05, 4.69) is 10.6 Å². The monoisotopic (exact) mass is 362 g/mol. The second-order valence-electron chi connectivity index (χ2n) is 8.04. The molecule has 2 aliphatic heterocycles. The van der Waals surface area contributed by atoms with Crippen molar-refractivity contribution in [2.75, 3.05) is 25.5 Å². The summed E-state index contributed by atoms with van der Waals surface area (Å²) in [6, 6.07) is 6.86. The minimum atomic E-state index is -1.33. The van der Waals surface area contributed by atoms with Gasteiger partial charge in [-0.1, -0.05) is 18.2 Å². The fraction of sp³-hybridized carbons (Fsp3) is 0.579. The lowest BCUT2D eigenvalue weighted by atomic mass is 9.79. The van der Waals surface area contributed by atoms with Crippen molar-refractivity contribution in [2.24, 2.45) is 5.73 Å². The Morgan fingerprint density at radius 3 is 2.81 bits per heavy atom. The number of benzene rings is 1. The summed E-state index contributed by atoms with van der Waals surface area (Å²) < 4.78 is 14.1. The van der Waals surface area contributed by atoms with Gasteiger partial charge < -0.3 is 16.4 Å². The van der Waals surface area contributed by atoms with E-state index in [0.717, 1.165) is 11.3 Å². The Hall–Kier alpha value is -1.99. The number of carbonyl (C=O) groups is 2. The lowest BCUT2D eigenvalue weighted by Gasteiger charge is -2.30. The number of nitrogens with one attached hydrogen (secondary N) is 2. The van der Waals surface area contributed by atoms with Gasteiger partial charge in [-0.3, -0.25) is 14.5 Å². The third-order valence-corrected chi connectivity index (χ3v) is 5.50. The standard InChI is InChI=1S/C19H27FN4O2/c1-18(2,20)8-12(22-3)10-24-11-19(9-15(24)16(21)25)13-6-4-5-7-14(13)23-17(19)26/h4-7,12,15,22H,8-11H2,1-3H3,(H2,21,25)(H,23,26)/t12?,15-,19-/m0/s1. The first-order chi connectivity index (χ1) is 12.2. The first kappa shape index (κ1) is 18.8. The van der Waals surface area contributed by atoms with E-state index in [-0.39, 0.29) is 11.9 Å². The molecule has 0 aliphatic carbocycles. The van der Waals surface area contributed by atoms with Gasteiger partial charge in [-0.15, -0.1) is 0 Å². The Kier molecular flexibility index (Phi) is 4.79. The molecule has 0 saturated carbocycles. The highest BCUT2D eigenvalue weighted by Crippen LogP contribution is 2.46. The van der Waals surface area contributed by atoms with Crippen LogP contribution >= 0.6 is 0 Å². The van der Waals surface area contributed by atoms with Gasteiger partial charge in [0.2, 0.25) is 11.8 Å². The lowest BCUT2D eigenvalue weighted by Crippen LogP contribution is -2.48. The summed E-state index contributed by atoms with van der Waals surface area (Å²) in [5.41, 5.74) is 5.23. The molecule has 1 unspecified atom stereocenters. The topological polar surface area (TPSA) is 87.5 Å². The smallest absolute Gasteiger partial charge is 0.236 e. The van der Waals surface area contributed by atoms with E-state index in [0.29, 0.717) is 25.9 Å². The average Bonchev–Trinajstić information content (AvgIpc) is 3.06. The molecule has 26 heavy (non-hydrogen) atoms. The molecule has 7 heteroatoms. The molecule has 6 nitrogen and oxygen atoms in total. The van der Waals surface area contributed by atoms with Crippen molar-refractivity contribution < 1.29 is 14.0 Å². The molecule has 2 aliphatic rings. The van der Waals surface area contributed by atoms with Crippen LogP contribution in [0.3, 0.4) is 0 Å². The van der Waals surface area contributed by atoms with Gasteiger partial charge in [-0.05, 0) is 45.4 Å². The summed E-state index contributed by atoms with van der Waals surface area (Å²) in [6.07, 6.45) is 0.655. The van der Waals surface area contributed by atoms with Crippen LogP contribution in [0.1, 0.15) is 32.3 Å². The molecule has 142 valence electrons. The first-order valence-corrected chi connectivity index (χ1v) is 8.97. The molecule has 3 atom stereocenters. The maximum Gasteiger partial charge on any atom is 0.236 e. The molecule has 2 heterocycles. The van der Waals surface area contributed by atoms with Crippen LogP contribution in [0.2, 0.25) is 0 Å². The molecule has 2 amide bonds. The minimum Gasteiger partial charge on any atom is -0.368 e. The molecule has 3 rings (SSSR count). The number of likely N-dealkylation sites (N-methyl/N-ethyl adjacent to an activating group) is 1. The number of amides is 2. The molecule has 0 radical (unpaired) electrons. The van der Waals surface area contributed by atoms with Crippen molar-refractivity contribution in [2.45, 2.75) is 49.9 Å². The third-order valence-electron chi connectivity index (χ3n) is 5.50. The summed E-state index contributed by atoms with van der Waals surface area (Å²) in [6.45, 7) is 3.92. The number of nitrogens with two attached hydrogens (primary N) is 1. The van der Waals surface area contributed by atoms with Crippen LogP contribution < -0.4 is 16.4 Å². The quantitative estimate of drug-likeness (QED) is 0.709. The normalized spacial score (nSPS) is 26.8. The zero-order valence-corrected chi connectivity index (χ0v) is 15.5. The van der Waals surface area contributed by atoms with Crippen LogP contribution in [0.15, 0.2) is 24.3 Å². The Morgan fingerprint density at radius 2 is 2.19 bits per heavy atom. The van der Waals surface area contributed by atoms with Gasteiger partial charge in [0.15, 0.2) is 0 Å². The summed E-state index contributed by atoms with van der Waals surface area (Å²) in [5, 5.41) is 6.04. The van der Waals surface area contributed by atoms with E-state index in [4.69, 9.17) is 5.73 Å². The number of para-hydroxylation sites is 1. The van der Waals surface area contributed by atoms with Crippen LogP contribution in [0, 0.1) is 0 Å². The van der Waals surface area contributed by atoms with E-state index in [1.807, 2.05) is 29.2 Å². The summed E-state index contributed by atoms with van der Waals surface area (Å²) in [4.78, 5) is 26.8. The molecule has 1 aromatic carbocycles. The number of anilines is 1. The van der Waals surface area contributed by atoms with Gasteiger partial charge in [0.25, 0.3) is 0 Å². The van der Waals surface area contributed by atoms with Crippen molar-refractivity contribution in [1.82, 2.24) is 10.2 Å². The number of primary amides is 1. The Morgan fingerprint density at radius 1 is 1.50 bits per heavy atom. The Balaban J connectivity index is 1.88. The van der Waals surface area contributed by atoms with Crippen LogP contribution in [0.4, 0.5) is 10.1 Å². The largest absolute Gasteiger partial charge is 0.368 e. The second-order valence-corrected chi connectivity index (χ2v) is 8.04. The number of nitrogens with zero attached hydrogens (tertiary/aromatic N) is 1. The highest BCUT2D eigenvalue weighted by Gasteiger charge is 2.55. The summed E-state index contributed by atoms with van der Waals surface area (Å²) in [5.74, 6) is -0.548. The fourth-order valence-electron chi connectivity index (χ4n) is 4.31. The Labute approximate surface area is 153 Å². The highest BCUT2D eigenvalue weighted by molar-refractivity contribution is 6.07.